The first-order valence-corrected chi connectivity index (χ1v) is 7.83. The van der Waals surface area contributed by atoms with Gasteiger partial charge in [0, 0.05) is 18.4 Å². The topological polar surface area (TPSA) is 82.2 Å². The van der Waals surface area contributed by atoms with Crippen molar-refractivity contribution in [3.8, 4) is 0 Å². The molecule has 0 amide bonds. The van der Waals surface area contributed by atoms with Crippen molar-refractivity contribution in [2.75, 3.05) is 6.54 Å². The molecule has 2 aromatic rings. The third-order valence-corrected chi connectivity index (χ3v) is 4.43. The molecule has 0 aliphatic carbocycles. The van der Waals surface area contributed by atoms with Gasteiger partial charge in [-0.05, 0) is 25.0 Å². The monoisotopic (exact) mass is 294 g/mol. The van der Waals surface area contributed by atoms with E-state index < -0.39 is 10.0 Å². The highest BCUT2D eigenvalue weighted by Gasteiger charge is 2.15. The Morgan fingerprint density at radius 1 is 1.30 bits per heavy atom. The molecule has 0 aliphatic heterocycles. The number of nitrogens with one attached hydrogen (secondary N) is 2. The summed E-state index contributed by atoms with van der Waals surface area (Å²) in [6.07, 6.45) is 2.01. The molecule has 0 spiro atoms. The van der Waals surface area contributed by atoms with E-state index in [9.17, 15) is 8.42 Å². The summed E-state index contributed by atoms with van der Waals surface area (Å²) in [6.45, 7) is 2.13. The molecule has 0 bridgehead atoms. The van der Waals surface area contributed by atoms with E-state index in [1.807, 2.05) is 31.2 Å². The minimum Gasteiger partial charge on any atom is -0.390 e. The van der Waals surface area contributed by atoms with Crippen molar-refractivity contribution < 1.29 is 13.5 Å². The van der Waals surface area contributed by atoms with Gasteiger partial charge < -0.3 is 10.1 Å². The van der Waals surface area contributed by atoms with Crippen molar-refractivity contribution in [3.63, 3.8) is 0 Å². The maximum atomic E-state index is 12.0. The third-order valence-electron chi connectivity index (χ3n) is 2.99. The first-order valence-electron chi connectivity index (χ1n) is 6.34. The van der Waals surface area contributed by atoms with Crippen LogP contribution < -0.4 is 4.72 Å². The van der Waals surface area contributed by atoms with E-state index in [0.717, 1.165) is 11.1 Å². The number of hydrogen-bond acceptors (Lipinski definition) is 3. The first kappa shape index (κ1) is 14.8. The summed E-state index contributed by atoms with van der Waals surface area (Å²) in [6, 6.07) is 9.40. The molecule has 20 heavy (non-hydrogen) atoms. The lowest BCUT2D eigenvalue weighted by Crippen LogP contribution is -2.25. The van der Waals surface area contributed by atoms with Gasteiger partial charge in [-0.3, -0.25) is 0 Å². The zero-order chi connectivity index (χ0) is 14.6. The SMILES string of the molecule is Cc1cccc(CCNS(=O)(=O)c2c[nH]c(CO)c2)c1. The summed E-state index contributed by atoms with van der Waals surface area (Å²) in [5.41, 5.74) is 2.73. The average Bonchev–Trinajstić information content (AvgIpc) is 2.88. The highest BCUT2D eigenvalue weighted by molar-refractivity contribution is 7.89. The predicted octanol–water partition coefficient (Wildman–Crippen LogP) is 1.34. The maximum absolute atomic E-state index is 12.0. The molecule has 3 N–H and O–H groups in total. The van der Waals surface area contributed by atoms with Gasteiger partial charge in [0.25, 0.3) is 0 Å². The Morgan fingerprint density at radius 3 is 2.75 bits per heavy atom. The molecule has 1 aromatic heterocycles. The van der Waals surface area contributed by atoms with E-state index >= 15 is 0 Å². The van der Waals surface area contributed by atoms with Gasteiger partial charge in [-0.25, -0.2) is 13.1 Å². The molecule has 5 nitrogen and oxygen atoms in total. The molecule has 0 saturated heterocycles. The lowest BCUT2D eigenvalue weighted by atomic mass is 10.1. The average molecular weight is 294 g/mol. The molecule has 2 rings (SSSR count). The predicted molar refractivity (Wildman–Crippen MR) is 76.8 cm³/mol. The van der Waals surface area contributed by atoms with Gasteiger partial charge in [-0.2, -0.15) is 0 Å². The van der Waals surface area contributed by atoms with E-state index in [0.29, 0.717) is 18.7 Å². The number of sulfonamides is 1. The van der Waals surface area contributed by atoms with Gasteiger partial charge in [0.05, 0.1) is 11.5 Å². The second kappa shape index (κ2) is 6.21. The van der Waals surface area contributed by atoms with Crippen LogP contribution in [0.15, 0.2) is 41.4 Å². The van der Waals surface area contributed by atoms with Crippen LogP contribution in [0.3, 0.4) is 0 Å². The molecule has 1 heterocycles. The lowest BCUT2D eigenvalue weighted by Gasteiger charge is -2.05. The van der Waals surface area contributed by atoms with Crippen LogP contribution in [-0.2, 0) is 23.1 Å². The number of H-pyrrole nitrogens is 1. The summed E-state index contributed by atoms with van der Waals surface area (Å²) in [5.74, 6) is 0. The van der Waals surface area contributed by atoms with Gasteiger partial charge in [0.2, 0.25) is 10.0 Å². The second-order valence-electron chi connectivity index (χ2n) is 4.66. The molecule has 6 heteroatoms. The summed E-state index contributed by atoms with van der Waals surface area (Å²) in [5, 5.41) is 8.92. The summed E-state index contributed by atoms with van der Waals surface area (Å²) >= 11 is 0. The van der Waals surface area contributed by atoms with Crippen molar-refractivity contribution >= 4 is 10.0 Å². The number of aromatic nitrogens is 1. The van der Waals surface area contributed by atoms with E-state index in [2.05, 4.69) is 9.71 Å². The fraction of sp³-hybridized carbons (Fsp3) is 0.286. The Bertz CT molecular complexity index is 677. The summed E-state index contributed by atoms with van der Waals surface area (Å²) < 4.78 is 26.6. The van der Waals surface area contributed by atoms with Gasteiger partial charge in [0.15, 0.2) is 0 Å². The molecule has 0 fully saturated rings. The van der Waals surface area contributed by atoms with E-state index in [4.69, 9.17) is 5.11 Å². The molecular formula is C14H18N2O3S. The largest absolute Gasteiger partial charge is 0.390 e. The molecule has 0 aliphatic rings. The van der Waals surface area contributed by atoms with Crippen LogP contribution in [0.1, 0.15) is 16.8 Å². The van der Waals surface area contributed by atoms with Crippen molar-refractivity contribution in [2.24, 2.45) is 0 Å². The number of rotatable bonds is 6. The number of aliphatic hydroxyl groups is 1. The van der Waals surface area contributed by atoms with Crippen molar-refractivity contribution in [2.45, 2.75) is 24.8 Å². The fourth-order valence-corrected chi connectivity index (χ4v) is 2.99. The zero-order valence-electron chi connectivity index (χ0n) is 11.3. The highest BCUT2D eigenvalue weighted by Crippen LogP contribution is 2.11. The van der Waals surface area contributed by atoms with Gasteiger partial charge in [0.1, 0.15) is 0 Å². The van der Waals surface area contributed by atoms with Crippen LogP contribution >= 0.6 is 0 Å². The molecule has 0 saturated carbocycles. The molecule has 0 radical (unpaired) electrons. The van der Waals surface area contributed by atoms with Crippen molar-refractivity contribution in [1.82, 2.24) is 9.71 Å². The Hall–Kier alpha value is -1.63. The second-order valence-corrected chi connectivity index (χ2v) is 6.42. The van der Waals surface area contributed by atoms with Crippen LogP contribution in [0.25, 0.3) is 0 Å². The van der Waals surface area contributed by atoms with E-state index in [-0.39, 0.29) is 11.5 Å². The standard InChI is InChI=1S/C14H18N2O3S/c1-11-3-2-4-12(7-11)5-6-16-20(18,19)14-8-13(10-17)15-9-14/h2-4,7-9,15-17H,5-6,10H2,1H3. The Kier molecular flexibility index (Phi) is 4.59. The van der Waals surface area contributed by atoms with Gasteiger partial charge in [-0.1, -0.05) is 29.8 Å². The number of aliphatic hydroxyl groups excluding tert-OH is 1. The van der Waals surface area contributed by atoms with Crippen LogP contribution in [0.4, 0.5) is 0 Å². The zero-order valence-corrected chi connectivity index (χ0v) is 12.1. The van der Waals surface area contributed by atoms with Gasteiger partial charge in [-0.15, -0.1) is 0 Å². The number of benzene rings is 1. The molecular weight excluding hydrogens is 276 g/mol. The number of aromatic amines is 1. The molecule has 0 atom stereocenters. The minimum absolute atomic E-state index is 0.144. The molecule has 0 unspecified atom stereocenters. The smallest absolute Gasteiger partial charge is 0.242 e. The van der Waals surface area contributed by atoms with Gasteiger partial charge >= 0.3 is 0 Å². The fourth-order valence-electron chi connectivity index (χ4n) is 1.95. The Balaban J connectivity index is 1.96. The summed E-state index contributed by atoms with van der Waals surface area (Å²) in [4.78, 5) is 2.85. The first-order chi connectivity index (χ1) is 9.51. The van der Waals surface area contributed by atoms with Crippen molar-refractivity contribution in [3.05, 3.63) is 53.3 Å². The van der Waals surface area contributed by atoms with Crippen molar-refractivity contribution in [1.29, 1.82) is 0 Å². The minimum atomic E-state index is -3.52. The quantitative estimate of drug-likeness (QED) is 0.752. The van der Waals surface area contributed by atoms with Crippen LogP contribution in [0.5, 0.6) is 0 Å². The Morgan fingerprint density at radius 2 is 2.10 bits per heavy atom. The van der Waals surface area contributed by atoms with Crippen LogP contribution in [-0.4, -0.2) is 25.1 Å². The van der Waals surface area contributed by atoms with Crippen LogP contribution in [0.2, 0.25) is 0 Å². The Labute approximate surface area is 118 Å². The maximum Gasteiger partial charge on any atom is 0.242 e. The molecule has 108 valence electrons. The number of hydrogen-bond donors (Lipinski definition) is 3. The summed E-state index contributed by atoms with van der Waals surface area (Å²) in [7, 11) is -3.52. The van der Waals surface area contributed by atoms with Crippen LogP contribution in [0, 0.1) is 6.92 Å². The highest BCUT2D eigenvalue weighted by atomic mass is 32.2. The molecule has 1 aromatic carbocycles. The normalized spacial score (nSPS) is 11.7. The lowest BCUT2D eigenvalue weighted by molar-refractivity contribution is 0.277. The van der Waals surface area contributed by atoms with E-state index in [1.165, 1.54) is 12.3 Å². The van der Waals surface area contributed by atoms with E-state index in [1.54, 1.807) is 0 Å². The third kappa shape index (κ3) is 3.69. The number of aryl methyl sites for hydroxylation is 1.